The third-order valence-corrected chi connectivity index (χ3v) is 3.13. The Hall–Kier alpha value is -2.73. The minimum atomic E-state index is 0.340. The molecule has 6 heteroatoms. The van der Waals surface area contributed by atoms with E-state index in [0.717, 1.165) is 24.3 Å². The fraction of sp³-hybridized carbons (Fsp3) is 0.188. The van der Waals surface area contributed by atoms with Gasteiger partial charge in [0.25, 0.3) is 0 Å². The van der Waals surface area contributed by atoms with Gasteiger partial charge in [0.1, 0.15) is 5.75 Å². The quantitative estimate of drug-likeness (QED) is 0.757. The first-order valence-corrected chi connectivity index (χ1v) is 7.18. The molecule has 22 heavy (non-hydrogen) atoms. The molecule has 0 fully saturated rings. The van der Waals surface area contributed by atoms with Gasteiger partial charge in [-0.05, 0) is 46.8 Å². The summed E-state index contributed by atoms with van der Waals surface area (Å²) in [6, 6.07) is 17.9. The monoisotopic (exact) mass is 295 g/mol. The van der Waals surface area contributed by atoms with Gasteiger partial charge in [-0.1, -0.05) is 42.4 Å². The number of nitrogens with zero attached hydrogens (tertiary/aromatic N) is 4. The average molecular weight is 295 g/mol. The molecule has 112 valence electrons. The summed E-state index contributed by atoms with van der Waals surface area (Å²) in [4.78, 5) is 0. The second-order valence-electron chi connectivity index (χ2n) is 4.74. The number of ether oxygens (including phenoxy) is 1. The Morgan fingerprint density at radius 1 is 1.09 bits per heavy atom. The highest BCUT2D eigenvalue weighted by molar-refractivity contribution is 5.34. The fourth-order valence-electron chi connectivity index (χ4n) is 2.07. The van der Waals surface area contributed by atoms with E-state index in [4.69, 9.17) is 4.74 Å². The van der Waals surface area contributed by atoms with E-state index in [1.165, 1.54) is 0 Å². The smallest absolute Gasteiger partial charge is 0.345 e. The molecule has 0 aliphatic rings. The van der Waals surface area contributed by atoms with Crippen molar-refractivity contribution in [3.63, 3.8) is 0 Å². The Labute approximate surface area is 128 Å². The lowest BCUT2D eigenvalue weighted by atomic mass is 10.2. The van der Waals surface area contributed by atoms with E-state index in [9.17, 15) is 0 Å². The van der Waals surface area contributed by atoms with E-state index in [-0.39, 0.29) is 0 Å². The molecule has 0 radical (unpaired) electrons. The molecule has 0 atom stereocenters. The van der Waals surface area contributed by atoms with Gasteiger partial charge in [-0.25, -0.2) is 0 Å². The van der Waals surface area contributed by atoms with E-state index in [2.05, 4.69) is 33.8 Å². The molecule has 0 unspecified atom stereocenters. The van der Waals surface area contributed by atoms with Crippen LogP contribution in [0, 0.1) is 0 Å². The van der Waals surface area contributed by atoms with Crippen LogP contribution < -0.4 is 10.1 Å². The van der Waals surface area contributed by atoms with Crippen molar-refractivity contribution >= 4 is 0 Å². The highest BCUT2D eigenvalue weighted by Crippen LogP contribution is 2.21. The molecule has 0 aliphatic heterocycles. The summed E-state index contributed by atoms with van der Waals surface area (Å²) in [5.74, 6) is 0.711. The van der Waals surface area contributed by atoms with Crippen LogP contribution in [0.15, 0.2) is 54.6 Å². The summed E-state index contributed by atoms with van der Waals surface area (Å²) in [6.45, 7) is 3.81. The zero-order chi connectivity index (χ0) is 15.2. The van der Waals surface area contributed by atoms with Gasteiger partial charge in [0.05, 0.1) is 5.69 Å². The Morgan fingerprint density at radius 2 is 1.95 bits per heavy atom. The molecular formula is C16H17N5O. The van der Waals surface area contributed by atoms with Crippen molar-refractivity contribution in [3.8, 4) is 17.4 Å². The summed E-state index contributed by atoms with van der Waals surface area (Å²) in [6.07, 6.45) is 0. The summed E-state index contributed by atoms with van der Waals surface area (Å²) in [5.41, 5.74) is 2.00. The maximum Gasteiger partial charge on any atom is 0.345 e. The maximum absolute atomic E-state index is 5.82. The molecule has 6 nitrogen and oxygen atoms in total. The standard InChI is InChI=1S/C16H17N5O/c1-2-17-12-13-7-6-10-15(11-13)22-16-18-19-20-21(16)14-8-4-3-5-9-14/h3-11,17H,2,12H2,1H3. The highest BCUT2D eigenvalue weighted by Gasteiger charge is 2.10. The van der Waals surface area contributed by atoms with E-state index in [1.807, 2.05) is 48.5 Å². The molecule has 0 aliphatic carbocycles. The van der Waals surface area contributed by atoms with E-state index in [0.29, 0.717) is 11.8 Å². The molecule has 1 aromatic heterocycles. The lowest BCUT2D eigenvalue weighted by molar-refractivity contribution is 0.426. The predicted octanol–water partition coefficient (Wildman–Crippen LogP) is 2.56. The lowest BCUT2D eigenvalue weighted by Crippen LogP contribution is -2.11. The minimum absolute atomic E-state index is 0.340. The van der Waals surface area contributed by atoms with Crippen LogP contribution in [0.25, 0.3) is 5.69 Å². The second-order valence-corrected chi connectivity index (χ2v) is 4.74. The Balaban J connectivity index is 1.81. The van der Waals surface area contributed by atoms with Gasteiger partial charge >= 0.3 is 6.01 Å². The number of hydrogen-bond donors (Lipinski definition) is 1. The van der Waals surface area contributed by atoms with Gasteiger partial charge in [0.15, 0.2) is 0 Å². The zero-order valence-corrected chi connectivity index (χ0v) is 12.3. The molecule has 3 rings (SSSR count). The largest absolute Gasteiger partial charge is 0.423 e. The summed E-state index contributed by atoms with van der Waals surface area (Å²) in [7, 11) is 0. The van der Waals surface area contributed by atoms with Gasteiger partial charge < -0.3 is 10.1 Å². The lowest BCUT2D eigenvalue weighted by Gasteiger charge is -2.08. The predicted molar refractivity (Wildman–Crippen MR) is 83.1 cm³/mol. The van der Waals surface area contributed by atoms with Crippen molar-refractivity contribution in [1.29, 1.82) is 0 Å². The molecule has 0 spiro atoms. The Bertz CT molecular complexity index is 726. The number of hydrogen-bond acceptors (Lipinski definition) is 5. The van der Waals surface area contributed by atoms with Gasteiger partial charge in [0.2, 0.25) is 0 Å². The van der Waals surface area contributed by atoms with Crippen LogP contribution in [0.3, 0.4) is 0 Å². The molecule has 0 amide bonds. The number of benzene rings is 2. The third-order valence-electron chi connectivity index (χ3n) is 3.13. The third kappa shape index (κ3) is 3.29. The molecule has 0 saturated carbocycles. The Morgan fingerprint density at radius 3 is 2.77 bits per heavy atom. The van der Waals surface area contributed by atoms with Crippen LogP contribution in [0.4, 0.5) is 0 Å². The van der Waals surface area contributed by atoms with Crippen molar-refractivity contribution in [3.05, 3.63) is 60.2 Å². The van der Waals surface area contributed by atoms with Gasteiger partial charge in [-0.2, -0.15) is 4.68 Å². The van der Waals surface area contributed by atoms with Crippen molar-refractivity contribution in [2.24, 2.45) is 0 Å². The number of rotatable bonds is 6. The zero-order valence-electron chi connectivity index (χ0n) is 12.3. The molecule has 0 saturated heterocycles. The first-order chi connectivity index (χ1) is 10.9. The molecule has 1 heterocycles. The average Bonchev–Trinajstić information content (AvgIpc) is 3.02. The van der Waals surface area contributed by atoms with Gasteiger partial charge in [-0.3, -0.25) is 0 Å². The van der Waals surface area contributed by atoms with Crippen molar-refractivity contribution in [2.75, 3.05) is 6.54 Å². The van der Waals surface area contributed by atoms with Crippen LogP contribution in [0.5, 0.6) is 11.8 Å². The number of tetrazole rings is 1. The Kier molecular flexibility index (Phi) is 4.41. The van der Waals surface area contributed by atoms with Crippen molar-refractivity contribution in [1.82, 2.24) is 25.5 Å². The summed E-state index contributed by atoms with van der Waals surface area (Å²) in [5, 5.41) is 14.9. The van der Waals surface area contributed by atoms with Gasteiger partial charge in [0, 0.05) is 6.54 Å². The van der Waals surface area contributed by atoms with Crippen LogP contribution in [0.2, 0.25) is 0 Å². The first kappa shape index (κ1) is 14.2. The molecule has 2 aromatic carbocycles. The first-order valence-electron chi connectivity index (χ1n) is 7.18. The number of para-hydroxylation sites is 1. The van der Waals surface area contributed by atoms with Gasteiger partial charge in [-0.15, -0.1) is 0 Å². The van der Waals surface area contributed by atoms with Crippen LogP contribution in [0.1, 0.15) is 12.5 Å². The molecule has 1 N–H and O–H groups in total. The van der Waals surface area contributed by atoms with Crippen LogP contribution >= 0.6 is 0 Å². The second kappa shape index (κ2) is 6.82. The molecule has 3 aromatic rings. The van der Waals surface area contributed by atoms with Crippen molar-refractivity contribution in [2.45, 2.75) is 13.5 Å². The number of aromatic nitrogens is 4. The van der Waals surface area contributed by atoms with E-state index < -0.39 is 0 Å². The fourth-order valence-corrected chi connectivity index (χ4v) is 2.07. The maximum atomic E-state index is 5.82. The SMILES string of the molecule is CCNCc1cccc(Oc2nnnn2-c2ccccc2)c1. The minimum Gasteiger partial charge on any atom is -0.423 e. The van der Waals surface area contributed by atoms with Crippen molar-refractivity contribution < 1.29 is 4.74 Å². The van der Waals surface area contributed by atoms with Crippen LogP contribution in [-0.4, -0.2) is 26.8 Å². The summed E-state index contributed by atoms with van der Waals surface area (Å²) < 4.78 is 7.39. The van der Waals surface area contributed by atoms with E-state index >= 15 is 0 Å². The summed E-state index contributed by atoms with van der Waals surface area (Å²) >= 11 is 0. The van der Waals surface area contributed by atoms with Crippen LogP contribution in [-0.2, 0) is 6.54 Å². The molecular weight excluding hydrogens is 278 g/mol. The van der Waals surface area contributed by atoms with E-state index in [1.54, 1.807) is 4.68 Å². The topological polar surface area (TPSA) is 64.9 Å². The molecule has 0 bridgehead atoms. The highest BCUT2D eigenvalue weighted by atomic mass is 16.5. The number of nitrogens with one attached hydrogen (secondary N) is 1. The normalized spacial score (nSPS) is 10.6.